The van der Waals surface area contributed by atoms with Crippen molar-refractivity contribution >= 4 is 35.5 Å². The zero-order valence-corrected chi connectivity index (χ0v) is 54.1. The number of piperidine rings is 2. The van der Waals surface area contributed by atoms with Crippen molar-refractivity contribution in [1.82, 2.24) is 44.7 Å². The van der Waals surface area contributed by atoms with Crippen molar-refractivity contribution in [2.45, 2.75) is 161 Å². The number of para-hydroxylation sites is 1. The number of benzene rings is 2. The number of nitrogens with zero attached hydrogens (tertiary/aromatic N) is 9. The first-order valence-electron chi connectivity index (χ1n) is 31.6. The van der Waals surface area contributed by atoms with E-state index >= 15 is 0 Å². The molecule has 2 aromatic carbocycles. The fraction of sp³-hybridized carbons (Fsp3) is 0.522. The summed E-state index contributed by atoms with van der Waals surface area (Å²) in [5, 5.41) is 17.8. The molecule has 6 aromatic rings. The number of anilines is 1. The molecule has 20 nitrogen and oxygen atoms in total. The van der Waals surface area contributed by atoms with Crippen molar-refractivity contribution in [2.75, 3.05) is 71.4 Å². The Bertz CT molecular complexity index is 3010. The zero-order valence-electron chi connectivity index (χ0n) is 53.3. The van der Waals surface area contributed by atoms with Gasteiger partial charge in [-0.15, -0.1) is 11.3 Å². The minimum atomic E-state index is 0.103. The van der Waals surface area contributed by atoms with Crippen LogP contribution in [0.2, 0.25) is 0 Å². The van der Waals surface area contributed by atoms with Gasteiger partial charge in [0, 0.05) is 107 Å². The van der Waals surface area contributed by atoms with Crippen LogP contribution in [0.25, 0.3) is 16.1 Å². The number of nitrogens with one attached hydrogen (secondary N) is 1. The number of likely N-dealkylation sites (tertiary alicyclic amines) is 2. The second-order valence-electron chi connectivity index (χ2n) is 23.1. The van der Waals surface area contributed by atoms with Gasteiger partial charge in [-0.25, -0.2) is 15.0 Å². The molecule has 4 aromatic heterocycles. The molecule has 3 aliphatic heterocycles. The highest BCUT2D eigenvalue weighted by atomic mass is 32.1. The lowest BCUT2D eigenvalue weighted by molar-refractivity contribution is -0.108. The van der Waals surface area contributed by atoms with Crippen LogP contribution in [0.3, 0.4) is 0 Å². The zero-order chi connectivity index (χ0) is 63.2. The average Bonchev–Trinajstić information content (AvgIpc) is 4.17. The first kappa shape index (κ1) is 69.8. The van der Waals surface area contributed by atoms with Crippen molar-refractivity contribution in [2.24, 2.45) is 22.9 Å². The molecule has 0 spiro atoms. The standard InChI is InChI=1S/C26H38N6O2.C20H29N5O3.C17H22N2S.C3H8.CH3NO/c1-2-3-12-30-14-15-32(18-19-11-13-31-25(16-19)34-20-7-6-8-20)23(26(28)29)17-22(27)21-9-4-5-10-24(21)33;1-27-18-4-7-23(8-5-18)13-16-14-25(15-21-16)17-2-9-24(10-3-17)20-12-19(6-11-26)28-22-20;1-12(16-5-4-10-19(16)3)14-6-8-15(9-7-14)17-13(2)18-11-20-17;1-3-2;2-1-3/h4-5,9-11,13,16-17,20,30,33H,2-3,6-8,12,14-15,18,27-29H2,1H3;11-12,14-15,17-18H,2-10,13H2,1H3;6-9,11-12,16H,4-5,10H2,1-3H3;3H2,1-2H3;1H,(H2,2,3)/b22-17-;;;;. The third kappa shape index (κ3) is 21.8. The van der Waals surface area contributed by atoms with Gasteiger partial charge in [0.2, 0.25) is 12.3 Å². The number of methoxy groups -OCH3 is 1. The number of aldehydes is 1. The summed E-state index contributed by atoms with van der Waals surface area (Å²) < 4.78 is 18.9. The van der Waals surface area contributed by atoms with Crippen LogP contribution in [0.15, 0.2) is 113 Å². The Labute approximate surface area is 526 Å². The molecule has 1 amide bonds. The van der Waals surface area contributed by atoms with Crippen LogP contribution in [0.1, 0.15) is 151 Å². The number of unbranched alkanes of at least 4 members (excludes halogenated alkanes) is 1. The van der Waals surface area contributed by atoms with Crippen molar-refractivity contribution in [3.8, 4) is 22.1 Å². The summed E-state index contributed by atoms with van der Waals surface area (Å²) in [6.45, 7) is 20.0. The average molecular weight is 1230 g/mol. The van der Waals surface area contributed by atoms with E-state index in [4.69, 9.17) is 36.0 Å². The fourth-order valence-electron chi connectivity index (χ4n) is 11.2. The highest BCUT2D eigenvalue weighted by molar-refractivity contribution is 7.13. The van der Waals surface area contributed by atoms with Gasteiger partial charge in [0.05, 0.1) is 46.3 Å². The van der Waals surface area contributed by atoms with Gasteiger partial charge in [0.25, 0.3) is 0 Å². The number of phenolic OH excluding ortho intramolecular Hbond substituents is 1. The maximum Gasteiger partial charge on any atom is 0.213 e. The summed E-state index contributed by atoms with van der Waals surface area (Å²) in [6, 6.07) is 23.0. The highest BCUT2D eigenvalue weighted by Crippen LogP contribution is 2.34. The number of hydrogen-bond donors (Lipinski definition) is 6. The van der Waals surface area contributed by atoms with Gasteiger partial charge >= 0.3 is 0 Å². The number of likely N-dealkylation sites (N-methyl/N-ethyl adjacent to an activating group) is 1. The predicted octanol–water partition coefficient (Wildman–Crippen LogP) is 9.90. The van der Waals surface area contributed by atoms with Gasteiger partial charge in [-0.3, -0.25) is 9.69 Å². The van der Waals surface area contributed by atoms with Crippen LogP contribution < -0.4 is 37.9 Å². The van der Waals surface area contributed by atoms with Crippen LogP contribution in [-0.2, 0) is 33.8 Å². The largest absolute Gasteiger partial charge is 0.507 e. The molecule has 88 heavy (non-hydrogen) atoms. The number of pyridine rings is 1. The number of rotatable bonds is 23. The summed E-state index contributed by atoms with van der Waals surface area (Å²) in [7, 11) is 4.06. The van der Waals surface area contributed by atoms with Gasteiger partial charge in [-0.05, 0) is 138 Å². The van der Waals surface area contributed by atoms with E-state index in [9.17, 15) is 9.90 Å². The van der Waals surface area contributed by atoms with Crippen molar-refractivity contribution in [3.05, 3.63) is 142 Å². The number of carbonyl (C=O) groups is 2. The van der Waals surface area contributed by atoms with Gasteiger partial charge in [-0.1, -0.05) is 82.1 Å². The number of ether oxygens (including phenoxy) is 2. The van der Waals surface area contributed by atoms with Crippen LogP contribution >= 0.6 is 11.3 Å². The van der Waals surface area contributed by atoms with E-state index < -0.39 is 0 Å². The molecule has 480 valence electrons. The number of aromatic hydroxyl groups is 1. The Morgan fingerprint density at radius 2 is 1.62 bits per heavy atom. The third-order valence-electron chi connectivity index (χ3n) is 16.5. The van der Waals surface area contributed by atoms with Crippen LogP contribution in [0.4, 0.5) is 5.82 Å². The fourth-order valence-corrected chi connectivity index (χ4v) is 12.1. The predicted molar refractivity (Wildman–Crippen MR) is 353 cm³/mol. The lowest BCUT2D eigenvalue weighted by Crippen LogP contribution is -2.36. The molecule has 1 aliphatic carbocycles. The van der Waals surface area contributed by atoms with Crippen LogP contribution in [0, 0.1) is 6.92 Å². The Morgan fingerprint density at radius 1 is 0.898 bits per heavy atom. The molecular weight excluding hydrogens is 1130 g/mol. The first-order valence-corrected chi connectivity index (χ1v) is 32.5. The van der Waals surface area contributed by atoms with E-state index in [0.29, 0.717) is 65.8 Å². The van der Waals surface area contributed by atoms with Crippen molar-refractivity contribution < 1.29 is 28.7 Å². The molecule has 10 rings (SSSR count). The number of imidazole rings is 1. The quantitative estimate of drug-likeness (QED) is 0.0198. The number of primary amides is 1. The summed E-state index contributed by atoms with van der Waals surface area (Å²) in [6.07, 6.45) is 23.6. The minimum Gasteiger partial charge on any atom is -0.507 e. The number of thiazole rings is 1. The number of aryl methyl sites for hydroxylation is 1. The maximum absolute atomic E-state index is 10.6. The van der Waals surface area contributed by atoms with Gasteiger partial charge in [0.1, 0.15) is 29.7 Å². The number of nitrogens with two attached hydrogens (primary N) is 4. The molecular formula is C67H100N14O6S. The number of amides is 1. The Balaban J connectivity index is 0.000000206. The van der Waals surface area contributed by atoms with Gasteiger partial charge < -0.3 is 71.4 Å². The van der Waals surface area contributed by atoms with E-state index in [-0.39, 0.29) is 30.5 Å². The maximum atomic E-state index is 10.6. The minimum absolute atomic E-state index is 0.103. The monoisotopic (exact) mass is 1230 g/mol. The van der Waals surface area contributed by atoms with Crippen LogP contribution in [0.5, 0.6) is 11.6 Å². The molecule has 7 heterocycles. The molecule has 10 N–H and O–H groups in total. The molecule has 0 bridgehead atoms. The molecule has 4 fully saturated rings. The summed E-state index contributed by atoms with van der Waals surface area (Å²) >= 11 is 1.72. The Hall–Kier alpha value is -7.30. The van der Waals surface area contributed by atoms with Gasteiger partial charge in [0.15, 0.2) is 5.82 Å². The molecule has 4 aliphatic rings. The number of phenols is 1. The number of allylic oxidation sites excluding steroid dienone is 1. The second-order valence-corrected chi connectivity index (χ2v) is 24.0. The third-order valence-corrected chi connectivity index (χ3v) is 17.4. The topological polar surface area (TPSA) is 272 Å². The molecule has 2 unspecified atom stereocenters. The smallest absolute Gasteiger partial charge is 0.213 e. The van der Waals surface area contributed by atoms with E-state index in [2.05, 4.69) is 127 Å². The van der Waals surface area contributed by atoms with Crippen molar-refractivity contribution in [1.29, 1.82) is 0 Å². The second kappa shape index (κ2) is 37.5. The van der Waals surface area contributed by atoms with Crippen molar-refractivity contribution in [3.63, 3.8) is 0 Å². The van der Waals surface area contributed by atoms with E-state index in [1.54, 1.807) is 48.9 Å². The normalized spacial score (nSPS) is 16.9. The summed E-state index contributed by atoms with van der Waals surface area (Å²) in [5.74, 6) is 2.97. The number of aromatic nitrogens is 5. The Morgan fingerprint density at radius 3 is 2.24 bits per heavy atom. The summed E-state index contributed by atoms with van der Waals surface area (Å²) in [5.41, 5.74) is 32.3. The SMILES string of the molecule is CCC.CCCCNCCN(Cc1ccnc(OC2CCC2)c1)C(/C=C(\N)c1ccccc1O)=C(N)N.COC1CCN(Cc2cn(C3CCN(c4cc(CC=O)on4)CC3)cn2)CC1.Cc1ncsc1-c1ccc(C(C)C2CCCN2C)cc1.NC=O. The van der Waals surface area contributed by atoms with E-state index in [0.717, 1.165) is 126 Å². The van der Waals surface area contributed by atoms with E-state index in [1.807, 2.05) is 36.1 Å². The van der Waals surface area contributed by atoms with Gasteiger partial charge in [-0.2, -0.15) is 0 Å². The first-order chi connectivity index (χ1) is 42.7. The number of hydrogen-bond acceptors (Lipinski definition) is 19. The number of carbonyl (C=O) groups excluding carboxylic acids is 2. The molecule has 2 atom stereocenters. The molecule has 1 saturated carbocycles. The summed E-state index contributed by atoms with van der Waals surface area (Å²) in [4.78, 5) is 43.1. The molecule has 21 heteroatoms. The lowest BCUT2D eigenvalue weighted by Gasteiger charge is -2.32. The molecule has 3 saturated heterocycles. The van der Waals surface area contributed by atoms with Crippen LogP contribution in [-0.4, -0.2) is 142 Å². The van der Waals surface area contributed by atoms with E-state index in [1.165, 1.54) is 48.2 Å². The molecule has 0 radical (unpaired) electrons. The lowest BCUT2D eigenvalue weighted by atomic mass is 9.91. The Kier molecular flexibility index (Phi) is 29.8. The highest BCUT2D eigenvalue weighted by Gasteiger charge is 2.28.